The van der Waals surface area contributed by atoms with Gasteiger partial charge in [0.15, 0.2) is 0 Å². The van der Waals surface area contributed by atoms with E-state index < -0.39 is 8.56 Å². The highest BCUT2D eigenvalue weighted by Gasteiger charge is 2.43. The quantitative estimate of drug-likeness (QED) is 0.680. The molecule has 0 aromatic heterocycles. The predicted octanol–water partition coefficient (Wildman–Crippen LogP) is 4.94. The third-order valence-electron chi connectivity index (χ3n) is 5.22. The monoisotopic (exact) mass is 393 g/mol. The molecule has 0 N–H and O–H groups in total. The van der Waals surface area contributed by atoms with Crippen LogP contribution in [-0.2, 0) is 13.6 Å². The second kappa shape index (κ2) is 7.64. The van der Waals surface area contributed by atoms with Crippen molar-refractivity contribution in [2.24, 2.45) is 0 Å². The topological polar surface area (TPSA) is 38.8 Å². The highest BCUT2D eigenvalue weighted by atomic mass is 28.4. The zero-order chi connectivity index (χ0) is 19.8. The average molecular weight is 394 g/mol. The Labute approximate surface area is 163 Å². The lowest BCUT2D eigenvalue weighted by atomic mass is 9.84. The molecule has 1 aromatic carbocycles. The summed E-state index contributed by atoms with van der Waals surface area (Å²) in [7, 11) is -2.30. The van der Waals surface area contributed by atoms with Crippen molar-refractivity contribution in [1.82, 2.24) is 4.90 Å². The minimum absolute atomic E-state index is 0.0521. The summed E-state index contributed by atoms with van der Waals surface area (Å²) >= 11 is 0. The van der Waals surface area contributed by atoms with Crippen molar-refractivity contribution in [3.05, 3.63) is 35.6 Å². The largest absolute Gasteiger partial charge is 0.391 e. The van der Waals surface area contributed by atoms with Crippen molar-refractivity contribution in [1.29, 1.82) is 0 Å². The molecule has 2 aliphatic rings. The van der Waals surface area contributed by atoms with E-state index in [0.717, 1.165) is 31.2 Å². The van der Waals surface area contributed by atoms with E-state index >= 15 is 0 Å². The van der Waals surface area contributed by atoms with Crippen molar-refractivity contribution < 1.29 is 18.0 Å². The van der Waals surface area contributed by atoms with Gasteiger partial charge in [0.25, 0.3) is 0 Å². The van der Waals surface area contributed by atoms with Crippen molar-refractivity contribution >= 4 is 14.5 Å². The minimum Gasteiger partial charge on any atom is -0.391 e. The van der Waals surface area contributed by atoms with Gasteiger partial charge in [0.2, 0.25) is 5.91 Å². The molecule has 3 atom stereocenters. The van der Waals surface area contributed by atoms with Gasteiger partial charge in [-0.3, -0.25) is 4.79 Å². The van der Waals surface area contributed by atoms with E-state index in [2.05, 4.69) is 33.9 Å². The molecule has 0 radical (unpaired) electrons. The fraction of sp³-hybridized carbons (Fsp3) is 0.667. The van der Waals surface area contributed by atoms with E-state index in [-0.39, 0.29) is 35.5 Å². The summed E-state index contributed by atoms with van der Waals surface area (Å²) in [6, 6.07) is 6.70. The van der Waals surface area contributed by atoms with E-state index in [9.17, 15) is 9.18 Å². The third-order valence-corrected chi connectivity index (χ3v) is 7.23. The lowest BCUT2D eigenvalue weighted by molar-refractivity contribution is -0.145. The van der Waals surface area contributed by atoms with Gasteiger partial charge in [0.1, 0.15) is 5.82 Å². The number of nitrogens with zero attached hydrogens (tertiary/aromatic N) is 1. The predicted molar refractivity (Wildman–Crippen MR) is 106 cm³/mol. The van der Waals surface area contributed by atoms with Gasteiger partial charge in [-0.25, -0.2) is 4.39 Å². The van der Waals surface area contributed by atoms with Crippen LogP contribution in [-0.4, -0.2) is 37.1 Å². The van der Waals surface area contributed by atoms with E-state index in [0.29, 0.717) is 6.42 Å². The molecule has 150 valence electrons. The number of hydrogen-bond donors (Lipinski definition) is 0. The third kappa shape index (κ3) is 5.18. The van der Waals surface area contributed by atoms with E-state index in [1.54, 1.807) is 12.1 Å². The van der Waals surface area contributed by atoms with Gasteiger partial charge in [-0.15, -0.1) is 0 Å². The highest BCUT2D eigenvalue weighted by molar-refractivity contribution is 6.64. The number of piperidine rings is 2. The molecular weight excluding hydrogens is 361 g/mol. The first-order valence-corrected chi connectivity index (χ1v) is 12.8. The first-order chi connectivity index (χ1) is 12.5. The zero-order valence-electron chi connectivity index (χ0n) is 17.1. The number of hydrogen-bond acceptors (Lipinski definition) is 3. The Bertz CT molecular complexity index is 671. The van der Waals surface area contributed by atoms with Crippen molar-refractivity contribution in [2.45, 2.75) is 89.8 Å². The van der Waals surface area contributed by atoms with Crippen LogP contribution in [0.5, 0.6) is 0 Å². The molecule has 2 fully saturated rings. The smallest absolute Gasteiger partial charge is 0.332 e. The number of amides is 1. The van der Waals surface area contributed by atoms with Gasteiger partial charge in [0.05, 0.1) is 17.7 Å². The fourth-order valence-electron chi connectivity index (χ4n) is 4.62. The molecule has 0 saturated carbocycles. The molecule has 0 bridgehead atoms. The van der Waals surface area contributed by atoms with E-state index in [1.807, 2.05) is 4.90 Å². The molecule has 0 spiro atoms. The maximum absolute atomic E-state index is 13.4. The molecule has 0 aliphatic carbocycles. The molecule has 3 rings (SSSR count). The zero-order valence-corrected chi connectivity index (χ0v) is 18.1. The summed E-state index contributed by atoms with van der Waals surface area (Å²) in [6.45, 7) is 10.3. The Morgan fingerprint density at radius 3 is 2.44 bits per heavy atom. The standard InChI is InChI=1S/C21H32FNO3Si/c1-21(2,3)26-27(4,5)25-18-13-17-7-6-8-20(24)23(17)19(14-18)15-9-11-16(22)12-10-15/h9-12,17-19H,6-8,13-14H2,1-5H3/t17-,18+,19+/m1/s1. The van der Waals surface area contributed by atoms with E-state index in [1.165, 1.54) is 12.1 Å². The Morgan fingerprint density at radius 1 is 1.15 bits per heavy atom. The fourth-order valence-corrected chi connectivity index (χ4v) is 7.14. The van der Waals surface area contributed by atoms with Gasteiger partial charge in [-0.05, 0) is 77.2 Å². The number of rotatable bonds is 4. The molecule has 2 saturated heterocycles. The van der Waals surface area contributed by atoms with Crippen LogP contribution < -0.4 is 0 Å². The molecule has 1 aromatic rings. The van der Waals surface area contributed by atoms with Gasteiger partial charge in [0, 0.05) is 12.5 Å². The first-order valence-electron chi connectivity index (χ1n) is 9.99. The van der Waals surface area contributed by atoms with Crippen molar-refractivity contribution in [3.63, 3.8) is 0 Å². The molecular formula is C21H32FNO3Si. The summed E-state index contributed by atoms with van der Waals surface area (Å²) in [4.78, 5) is 14.7. The number of fused-ring (bicyclic) bond motifs is 1. The second-order valence-corrected chi connectivity index (χ2v) is 12.5. The van der Waals surface area contributed by atoms with Crippen LogP contribution in [0, 0.1) is 5.82 Å². The average Bonchev–Trinajstić information content (AvgIpc) is 2.52. The Morgan fingerprint density at radius 2 is 1.81 bits per heavy atom. The molecule has 2 heterocycles. The van der Waals surface area contributed by atoms with Crippen LogP contribution >= 0.6 is 0 Å². The van der Waals surface area contributed by atoms with Crippen LogP contribution in [0.4, 0.5) is 4.39 Å². The lowest BCUT2D eigenvalue weighted by Crippen LogP contribution is -2.54. The highest BCUT2D eigenvalue weighted by Crippen LogP contribution is 2.41. The lowest BCUT2D eigenvalue weighted by Gasteiger charge is -2.49. The van der Waals surface area contributed by atoms with Gasteiger partial charge in [-0.1, -0.05) is 12.1 Å². The normalized spacial score (nSPS) is 26.8. The molecule has 2 aliphatic heterocycles. The summed E-state index contributed by atoms with van der Waals surface area (Å²) in [6.07, 6.45) is 4.18. The maximum atomic E-state index is 13.4. The Hall–Kier alpha value is -1.24. The van der Waals surface area contributed by atoms with Gasteiger partial charge >= 0.3 is 8.56 Å². The first kappa shape index (κ1) is 20.5. The SMILES string of the molecule is CC(C)(C)O[Si](C)(C)O[C@H]1C[C@H]2CCCC(=O)N2[C@H](c2ccc(F)cc2)C1. The number of benzene rings is 1. The molecule has 1 amide bonds. The number of carbonyl (C=O) groups excluding carboxylic acids is 1. The summed E-state index contributed by atoms with van der Waals surface area (Å²) in [5.74, 6) is -0.0440. The number of carbonyl (C=O) groups is 1. The molecule has 27 heavy (non-hydrogen) atoms. The molecule has 4 nitrogen and oxygen atoms in total. The summed E-state index contributed by atoms with van der Waals surface area (Å²) in [5, 5.41) is 0. The maximum Gasteiger partial charge on any atom is 0.332 e. The van der Waals surface area contributed by atoms with E-state index in [4.69, 9.17) is 8.85 Å². The van der Waals surface area contributed by atoms with Crippen LogP contribution in [0.3, 0.4) is 0 Å². The Kier molecular flexibility index (Phi) is 5.80. The Balaban J connectivity index is 1.82. The minimum atomic E-state index is -2.30. The summed E-state index contributed by atoms with van der Waals surface area (Å²) in [5.41, 5.74) is 0.745. The van der Waals surface area contributed by atoms with Crippen LogP contribution in [0.1, 0.15) is 64.5 Å². The second-order valence-electron chi connectivity index (χ2n) is 9.24. The summed E-state index contributed by atoms with van der Waals surface area (Å²) < 4.78 is 26.2. The number of halogens is 1. The van der Waals surface area contributed by atoms with Crippen LogP contribution in [0.25, 0.3) is 0 Å². The molecule has 0 unspecified atom stereocenters. The van der Waals surface area contributed by atoms with Crippen LogP contribution in [0.15, 0.2) is 24.3 Å². The van der Waals surface area contributed by atoms with Crippen LogP contribution in [0.2, 0.25) is 13.1 Å². The van der Waals surface area contributed by atoms with Gasteiger partial charge in [-0.2, -0.15) is 0 Å². The van der Waals surface area contributed by atoms with Gasteiger partial charge < -0.3 is 13.8 Å². The molecule has 6 heteroatoms. The van der Waals surface area contributed by atoms with Crippen molar-refractivity contribution in [2.75, 3.05) is 0 Å². The van der Waals surface area contributed by atoms with Crippen molar-refractivity contribution in [3.8, 4) is 0 Å².